The maximum Gasteiger partial charge on any atom is 0.278 e. The minimum absolute atomic E-state index is 0.162. The van der Waals surface area contributed by atoms with E-state index >= 15 is 0 Å². The van der Waals surface area contributed by atoms with Gasteiger partial charge in [0.1, 0.15) is 5.39 Å². The van der Waals surface area contributed by atoms with Gasteiger partial charge in [0.25, 0.3) is 5.56 Å². The number of allylic oxidation sites excluding steroid dienone is 1. The second-order valence-corrected chi connectivity index (χ2v) is 10.3. The average molecular weight is 524 g/mol. The zero-order valence-corrected chi connectivity index (χ0v) is 22.6. The van der Waals surface area contributed by atoms with Crippen LogP contribution in [0.1, 0.15) is 19.9 Å². The number of nitrogens with one attached hydrogen (secondary N) is 1. The maximum atomic E-state index is 13.3. The van der Waals surface area contributed by atoms with Crippen molar-refractivity contribution < 1.29 is 0 Å². The van der Waals surface area contributed by atoms with E-state index in [0.717, 1.165) is 48.5 Å². The Morgan fingerprint density at radius 3 is 2.49 bits per heavy atom. The predicted octanol–water partition coefficient (Wildman–Crippen LogP) is 4.19. The van der Waals surface area contributed by atoms with Gasteiger partial charge in [-0.1, -0.05) is 6.08 Å². The molecule has 0 aliphatic carbocycles. The molecule has 0 saturated carbocycles. The van der Waals surface area contributed by atoms with E-state index in [1.165, 1.54) is 5.69 Å². The predicted molar refractivity (Wildman–Crippen MR) is 156 cm³/mol. The summed E-state index contributed by atoms with van der Waals surface area (Å²) in [6, 6.07) is 14.6. The molecule has 1 N–H and O–H groups in total. The Kier molecular flexibility index (Phi) is 6.40. The Morgan fingerprint density at radius 1 is 1.03 bits per heavy atom. The highest BCUT2D eigenvalue weighted by molar-refractivity contribution is 5.83. The van der Waals surface area contributed by atoms with E-state index in [0.29, 0.717) is 23.5 Å². The third-order valence-electron chi connectivity index (χ3n) is 7.29. The van der Waals surface area contributed by atoms with Crippen molar-refractivity contribution in [1.29, 1.82) is 0 Å². The third-order valence-corrected chi connectivity index (χ3v) is 7.29. The van der Waals surface area contributed by atoms with Crippen molar-refractivity contribution in [2.45, 2.75) is 26.4 Å². The molecule has 2 aromatic carbocycles. The molecular formula is C29H33N9O. The molecule has 10 heteroatoms. The Hall–Kier alpha value is -4.44. The summed E-state index contributed by atoms with van der Waals surface area (Å²) in [6.07, 6.45) is 5.17. The normalized spacial score (nSPS) is 14.5. The minimum atomic E-state index is -0.162. The van der Waals surface area contributed by atoms with Gasteiger partial charge in [0.05, 0.1) is 23.9 Å². The molecule has 3 aromatic heterocycles. The van der Waals surface area contributed by atoms with Crippen molar-refractivity contribution >= 4 is 39.3 Å². The summed E-state index contributed by atoms with van der Waals surface area (Å²) in [7, 11) is 2.16. The van der Waals surface area contributed by atoms with Crippen molar-refractivity contribution in [3.8, 4) is 5.69 Å². The van der Waals surface area contributed by atoms with Gasteiger partial charge in [0.2, 0.25) is 5.95 Å². The van der Waals surface area contributed by atoms with E-state index in [4.69, 9.17) is 4.98 Å². The van der Waals surface area contributed by atoms with E-state index in [9.17, 15) is 4.79 Å². The number of piperazine rings is 1. The highest BCUT2D eigenvalue weighted by Gasteiger charge is 2.19. The van der Waals surface area contributed by atoms with Crippen LogP contribution in [0, 0.1) is 0 Å². The fourth-order valence-corrected chi connectivity index (χ4v) is 5.16. The molecule has 1 aliphatic rings. The summed E-state index contributed by atoms with van der Waals surface area (Å²) in [5.41, 5.74) is 4.27. The summed E-state index contributed by atoms with van der Waals surface area (Å²) in [4.78, 5) is 27.4. The van der Waals surface area contributed by atoms with Crippen LogP contribution in [-0.2, 0) is 6.54 Å². The lowest BCUT2D eigenvalue weighted by Crippen LogP contribution is -2.44. The molecule has 0 radical (unpaired) electrons. The SMILES string of the molecule is C=CCn1c(=O)c2cnc(Nc3ccc(N4CCN(C)CC4)cc3)nc2n1-c1ccc2cnn(C(C)C)c2c1. The molecule has 1 fully saturated rings. The number of hydrogen-bond donors (Lipinski definition) is 1. The smallest absolute Gasteiger partial charge is 0.278 e. The molecule has 0 bridgehead atoms. The minimum Gasteiger partial charge on any atom is -0.369 e. The van der Waals surface area contributed by atoms with Crippen LogP contribution in [0.5, 0.6) is 0 Å². The first-order chi connectivity index (χ1) is 18.9. The third kappa shape index (κ3) is 4.57. The molecular weight excluding hydrogens is 490 g/mol. The molecule has 0 atom stereocenters. The summed E-state index contributed by atoms with van der Waals surface area (Å²) < 4.78 is 5.46. The fraction of sp³-hybridized carbons (Fsp3) is 0.310. The van der Waals surface area contributed by atoms with Crippen LogP contribution >= 0.6 is 0 Å². The van der Waals surface area contributed by atoms with Crippen LogP contribution in [-0.4, -0.2) is 67.2 Å². The highest BCUT2D eigenvalue weighted by Crippen LogP contribution is 2.25. The molecule has 0 spiro atoms. The van der Waals surface area contributed by atoms with Crippen LogP contribution in [0.3, 0.4) is 0 Å². The van der Waals surface area contributed by atoms with E-state index in [1.807, 2.05) is 45.9 Å². The number of likely N-dealkylation sites (N-methyl/N-ethyl adjacent to an activating group) is 1. The first kappa shape index (κ1) is 24.9. The quantitative estimate of drug-likeness (QED) is 0.320. The van der Waals surface area contributed by atoms with Crippen LogP contribution in [0.25, 0.3) is 27.6 Å². The Balaban J connectivity index is 1.37. The monoisotopic (exact) mass is 523 g/mol. The highest BCUT2D eigenvalue weighted by atomic mass is 16.1. The molecule has 6 rings (SSSR count). The lowest BCUT2D eigenvalue weighted by atomic mass is 10.2. The summed E-state index contributed by atoms with van der Waals surface area (Å²) in [5, 5.41) is 9.34. The summed E-state index contributed by atoms with van der Waals surface area (Å²) in [5.74, 6) is 0.424. The van der Waals surface area contributed by atoms with Gasteiger partial charge < -0.3 is 15.1 Å². The van der Waals surface area contributed by atoms with E-state index < -0.39 is 0 Å². The van der Waals surface area contributed by atoms with Crippen molar-refractivity contribution in [2.24, 2.45) is 0 Å². The van der Waals surface area contributed by atoms with Crippen LogP contribution in [0.4, 0.5) is 17.3 Å². The van der Waals surface area contributed by atoms with E-state index in [1.54, 1.807) is 17.0 Å². The number of rotatable bonds is 7. The summed E-state index contributed by atoms with van der Waals surface area (Å²) >= 11 is 0. The molecule has 1 aliphatic heterocycles. The summed E-state index contributed by atoms with van der Waals surface area (Å²) in [6.45, 7) is 12.6. The van der Waals surface area contributed by atoms with Gasteiger partial charge in [-0.2, -0.15) is 10.1 Å². The van der Waals surface area contributed by atoms with Crippen LogP contribution in [0.2, 0.25) is 0 Å². The van der Waals surface area contributed by atoms with Gasteiger partial charge in [-0.25, -0.2) is 14.3 Å². The number of nitrogens with zero attached hydrogens (tertiary/aromatic N) is 8. The van der Waals surface area contributed by atoms with Crippen molar-refractivity contribution in [3.05, 3.63) is 77.9 Å². The van der Waals surface area contributed by atoms with Crippen LogP contribution in [0.15, 0.2) is 72.3 Å². The molecule has 200 valence electrons. The lowest BCUT2D eigenvalue weighted by molar-refractivity contribution is 0.313. The Labute approximate surface area is 226 Å². The molecule has 0 amide bonds. The standard InChI is InChI=1S/C29H33N9O/c1-5-12-36-28(39)25-19-30-29(32-22-7-10-23(11-8-22)35-15-13-34(4)14-16-35)33-27(25)38(36)24-9-6-21-18-31-37(20(2)3)26(21)17-24/h5-11,17-20H,1,12-16H2,2-4H3,(H,30,32,33). The van der Waals surface area contributed by atoms with Gasteiger partial charge in [0.15, 0.2) is 5.65 Å². The number of anilines is 3. The average Bonchev–Trinajstić information content (AvgIpc) is 3.48. The molecule has 1 saturated heterocycles. The van der Waals surface area contributed by atoms with Gasteiger partial charge in [-0.3, -0.25) is 9.48 Å². The lowest BCUT2D eigenvalue weighted by Gasteiger charge is -2.34. The molecule has 5 aromatic rings. The zero-order chi connectivity index (χ0) is 27.1. The zero-order valence-electron chi connectivity index (χ0n) is 22.6. The Bertz CT molecular complexity index is 1700. The second-order valence-electron chi connectivity index (χ2n) is 10.3. The number of hydrogen-bond acceptors (Lipinski definition) is 7. The first-order valence-corrected chi connectivity index (χ1v) is 13.3. The molecule has 0 unspecified atom stereocenters. The van der Waals surface area contributed by atoms with Gasteiger partial charge >= 0.3 is 0 Å². The van der Waals surface area contributed by atoms with Gasteiger partial charge in [-0.05, 0) is 63.4 Å². The maximum absolute atomic E-state index is 13.3. The van der Waals surface area contributed by atoms with Gasteiger partial charge in [0, 0.05) is 55.2 Å². The first-order valence-electron chi connectivity index (χ1n) is 13.3. The molecule has 10 nitrogen and oxygen atoms in total. The van der Waals surface area contributed by atoms with Crippen molar-refractivity contribution in [2.75, 3.05) is 43.4 Å². The van der Waals surface area contributed by atoms with Gasteiger partial charge in [-0.15, -0.1) is 6.58 Å². The Morgan fingerprint density at radius 2 is 1.77 bits per heavy atom. The molecule has 39 heavy (non-hydrogen) atoms. The van der Waals surface area contributed by atoms with Crippen molar-refractivity contribution in [3.63, 3.8) is 0 Å². The van der Waals surface area contributed by atoms with Crippen molar-refractivity contribution in [1.82, 2.24) is 34.0 Å². The molecule has 4 heterocycles. The largest absolute Gasteiger partial charge is 0.369 e. The van der Waals surface area contributed by atoms with E-state index in [2.05, 4.69) is 64.8 Å². The van der Waals surface area contributed by atoms with E-state index in [-0.39, 0.29) is 11.6 Å². The second kappa shape index (κ2) is 10.0. The van der Waals surface area contributed by atoms with Crippen LogP contribution < -0.4 is 15.8 Å². The number of aromatic nitrogens is 6. The number of benzene rings is 2. The fourth-order valence-electron chi connectivity index (χ4n) is 5.16. The topological polar surface area (TPSA) is 89.0 Å². The number of fused-ring (bicyclic) bond motifs is 2.